The van der Waals surface area contributed by atoms with Crippen LogP contribution in [0.5, 0.6) is 0 Å². The van der Waals surface area contributed by atoms with Gasteiger partial charge in [0.25, 0.3) is 0 Å². The van der Waals surface area contributed by atoms with Gasteiger partial charge in [-0.15, -0.1) is 0 Å². The Hall–Kier alpha value is -4.01. The van der Waals surface area contributed by atoms with Crippen LogP contribution in [0.1, 0.15) is 46.0 Å². The van der Waals surface area contributed by atoms with Gasteiger partial charge in [0.05, 0.1) is 23.1 Å². The lowest BCUT2D eigenvalue weighted by atomic mass is 9.97. The number of hydrogen-bond acceptors (Lipinski definition) is 6. The van der Waals surface area contributed by atoms with Crippen LogP contribution in [0, 0.1) is 5.82 Å². The minimum absolute atomic E-state index is 0.0485. The molecule has 9 heteroatoms. The number of aromatic nitrogens is 6. The van der Waals surface area contributed by atoms with E-state index in [1.54, 1.807) is 36.8 Å². The molecule has 0 saturated heterocycles. The van der Waals surface area contributed by atoms with Crippen molar-refractivity contribution in [1.82, 2.24) is 29.7 Å². The van der Waals surface area contributed by atoms with E-state index in [1.807, 2.05) is 6.92 Å². The molecular weight excluding hydrogens is 399 g/mol. The van der Waals surface area contributed by atoms with Crippen molar-refractivity contribution >= 4 is 5.97 Å². The van der Waals surface area contributed by atoms with Crippen LogP contribution in [0.25, 0.3) is 5.82 Å². The molecular formula is C22H19FN6O2. The summed E-state index contributed by atoms with van der Waals surface area (Å²) >= 11 is 0. The molecule has 3 heterocycles. The summed E-state index contributed by atoms with van der Waals surface area (Å²) < 4.78 is 14.7. The van der Waals surface area contributed by atoms with Gasteiger partial charge in [-0.05, 0) is 23.6 Å². The van der Waals surface area contributed by atoms with E-state index in [2.05, 4.69) is 25.0 Å². The first kappa shape index (κ1) is 20.3. The third kappa shape index (κ3) is 4.95. The van der Waals surface area contributed by atoms with Crippen LogP contribution >= 0.6 is 0 Å². The molecule has 3 aromatic heterocycles. The fourth-order valence-electron chi connectivity index (χ4n) is 3.18. The third-order valence-corrected chi connectivity index (χ3v) is 4.78. The third-order valence-electron chi connectivity index (χ3n) is 4.78. The molecule has 0 spiro atoms. The van der Waals surface area contributed by atoms with Gasteiger partial charge in [-0.3, -0.25) is 9.97 Å². The van der Waals surface area contributed by atoms with E-state index in [4.69, 9.17) is 0 Å². The van der Waals surface area contributed by atoms with E-state index in [9.17, 15) is 14.3 Å². The highest BCUT2D eigenvalue weighted by Crippen LogP contribution is 2.21. The Balaban J connectivity index is 1.67. The number of carbonyl (C=O) groups is 1. The maximum atomic E-state index is 13.2. The summed E-state index contributed by atoms with van der Waals surface area (Å²) in [5.41, 5.74) is 2.49. The summed E-state index contributed by atoms with van der Waals surface area (Å²) in [5.74, 6) is -0.269. The lowest BCUT2D eigenvalue weighted by Gasteiger charge is -2.13. The average molecular weight is 418 g/mol. The Kier molecular flexibility index (Phi) is 5.74. The quantitative estimate of drug-likeness (QED) is 0.491. The van der Waals surface area contributed by atoms with E-state index >= 15 is 0 Å². The van der Waals surface area contributed by atoms with Gasteiger partial charge in [-0.2, -0.15) is 5.10 Å². The predicted octanol–water partition coefficient (Wildman–Crippen LogP) is 3.23. The van der Waals surface area contributed by atoms with Gasteiger partial charge in [0, 0.05) is 43.7 Å². The molecule has 0 aliphatic heterocycles. The first-order valence-electron chi connectivity index (χ1n) is 9.63. The van der Waals surface area contributed by atoms with Crippen LogP contribution in [0.15, 0.2) is 61.3 Å². The van der Waals surface area contributed by atoms with Crippen LogP contribution in [0.2, 0.25) is 0 Å². The topological polar surface area (TPSA) is 107 Å². The number of benzene rings is 1. The lowest BCUT2D eigenvalue weighted by Crippen LogP contribution is -2.10. The Morgan fingerprint density at radius 2 is 1.94 bits per heavy atom. The number of halogens is 1. The highest BCUT2D eigenvalue weighted by atomic mass is 19.1. The van der Waals surface area contributed by atoms with Gasteiger partial charge in [-0.1, -0.05) is 19.1 Å². The summed E-state index contributed by atoms with van der Waals surface area (Å²) in [6.45, 7) is 2.02. The standard InChI is InChI=1S/C22H19FN6O2/c1-14(15-2-4-17(23)5-3-15)8-20-27-18(9-19-12-24-6-7-25-19)10-21(28-20)29-13-16(11-26-29)22(30)31/h2-7,10-14H,8-9H2,1H3,(H,30,31)/t14-/m1/s1. The van der Waals surface area contributed by atoms with Crippen molar-refractivity contribution < 1.29 is 14.3 Å². The number of rotatable bonds is 7. The van der Waals surface area contributed by atoms with Crippen molar-refractivity contribution in [3.63, 3.8) is 0 Å². The lowest BCUT2D eigenvalue weighted by molar-refractivity contribution is 0.0697. The van der Waals surface area contributed by atoms with E-state index in [1.165, 1.54) is 29.2 Å². The molecule has 0 saturated carbocycles. The van der Waals surface area contributed by atoms with Gasteiger partial charge in [-0.25, -0.2) is 23.8 Å². The van der Waals surface area contributed by atoms with Gasteiger partial charge < -0.3 is 5.11 Å². The smallest absolute Gasteiger partial charge is 0.338 e. The molecule has 8 nitrogen and oxygen atoms in total. The SMILES string of the molecule is C[C@H](Cc1nc(Cc2cnccn2)cc(-n2cc(C(=O)O)cn2)n1)c1ccc(F)cc1. The Morgan fingerprint density at radius 3 is 2.61 bits per heavy atom. The molecule has 0 radical (unpaired) electrons. The summed E-state index contributed by atoms with van der Waals surface area (Å²) in [6.07, 6.45) is 8.51. The number of nitrogens with zero attached hydrogens (tertiary/aromatic N) is 6. The first-order valence-corrected chi connectivity index (χ1v) is 9.63. The first-order chi connectivity index (χ1) is 15.0. The molecule has 31 heavy (non-hydrogen) atoms. The van der Waals surface area contributed by atoms with E-state index in [0.717, 1.165) is 11.3 Å². The van der Waals surface area contributed by atoms with Gasteiger partial charge in [0.1, 0.15) is 11.6 Å². The fraction of sp³-hybridized carbons (Fsp3) is 0.182. The molecule has 1 aromatic carbocycles. The average Bonchev–Trinajstić information content (AvgIpc) is 3.25. The van der Waals surface area contributed by atoms with Crippen molar-refractivity contribution in [1.29, 1.82) is 0 Å². The molecule has 0 unspecified atom stereocenters. The van der Waals surface area contributed by atoms with Crippen LogP contribution < -0.4 is 0 Å². The van der Waals surface area contributed by atoms with Gasteiger partial charge in [0.15, 0.2) is 5.82 Å². The molecule has 0 aliphatic carbocycles. The van der Waals surface area contributed by atoms with E-state index < -0.39 is 5.97 Å². The van der Waals surface area contributed by atoms with Gasteiger partial charge >= 0.3 is 5.97 Å². The van der Waals surface area contributed by atoms with Gasteiger partial charge in [0.2, 0.25) is 0 Å². The zero-order chi connectivity index (χ0) is 21.8. The number of carboxylic acid groups (broad SMARTS) is 1. The van der Waals surface area contributed by atoms with Crippen LogP contribution in [-0.4, -0.2) is 40.8 Å². The van der Waals surface area contributed by atoms with Crippen LogP contribution in [0.4, 0.5) is 4.39 Å². The molecule has 1 N–H and O–H groups in total. The molecule has 156 valence electrons. The highest BCUT2D eigenvalue weighted by molar-refractivity contribution is 5.86. The molecule has 0 bridgehead atoms. The zero-order valence-electron chi connectivity index (χ0n) is 16.7. The summed E-state index contributed by atoms with van der Waals surface area (Å²) in [6, 6.07) is 8.10. The molecule has 1 atom stereocenters. The minimum atomic E-state index is -1.06. The van der Waals surface area contributed by atoms with Crippen LogP contribution in [0.3, 0.4) is 0 Å². The molecule has 0 amide bonds. The summed E-state index contributed by atoms with van der Waals surface area (Å²) in [5, 5.41) is 13.3. The molecule has 4 rings (SSSR count). The number of carboxylic acids is 1. The van der Waals surface area contributed by atoms with Crippen molar-refractivity contribution in [3.05, 3.63) is 95.5 Å². The monoisotopic (exact) mass is 418 g/mol. The maximum absolute atomic E-state index is 13.2. The number of aromatic carboxylic acids is 1. The summed E-state index contributed by atoms with van der Waals surface area (Å²) in [4.78, 5) is 28.8. The Labute approximate surface area is 177 Å². The molecule has 4 aromatic rings. The zero-order valence-corrected chi connectivity index (χ0v) is 16.7. The second kappa shape index (κ2) is 8.78. The fourth-order valence-corrected chi connectivity index (χ4v) is 3.18. The van der Waals surface area contributed by atoms with Crippen molar-refractivity contribution in [3.8, 4) is 5.82 Å². The number of hydrogen-bond donors (Lipinski definition) is 1. The van der Waals surface area contributed by atoms with Crippen molar-refractivity contribution in [2.45, 2.75) is 25.7 Å². The van der Waals surface area contributed by atoms with Crippen LogP contribution in [-0.2, 0) is 12.8 Å². The minimum Gasteiger partial charge on any atom is -0.478 e. The van der Waals surface area contributed by atoms with E-state index in [0.29, 0.717) is 30.2 Å². The predicted molar refractivity (Wildman–Crippen MR) is 109 cm³/mol. The molecule has 0 fully saturated rings. The Bertz CT molecular complexity index is 1190. The summed E-state index contributed by atoms with van der Waals surface area (Å²) in [7, 11) is 0. The molecule has 0 aliphatic rings. The van der Waals surface area contributed by atoms with E-state index in [-0.39, 0.29) is 17.3 Å². The second-order valence-corrected chi connectivity index (χ2v) is 7.14. The van der Waals surface area contributed by atoms with Crippen molar-refractivity contribution in [2.75, 3.05) is 0 Å². The van der Waals surface area contributed by atoms with Crippen molar-refractivity contribution in [2.24, 2.45) is 0 Å². The maximum Gasteiger partial charge on any atom is 0.338 e. The highest BCUT2D eigenvalue weighted by Gasteiger charge is 2.15. The largest absolute Gasteiger partial charge is 0.478 e. The normalized spacial score (nSPS) is 11.9. The Morgan fingerprint density at radius 1 is 1.13 bits per heavy atom. The second-order valence-electron chi connectivity index (χ2n) is 7.14.